The number of halogens is 1. The third kappa shape index (κ3) is 2.67. The second-order valence-electron chi connectivity index (χ2n) is 5.37. The van der Waals surface area contributed by atoms with Gasteiger partial charge in [-0.3, -0.25) is 9.58 Å². The zero-order valence-corrected chi connectivity index (χ0v) is 12.4. The van der Waals surface area contributed by atoms with Crippen LogP contribution in [0.5, 0.6) is 0 Å². The maximum atomic E-state index is 6.41. The predicted octanol–water partition coefficient (Wildman–Crippen LogP) is 2.92. The largest absolute Gasteiger partial charge is 0.384 e. The summed E-state index contributed by atoms with van der Waals surface area (Å²) in [7, 11) is 1.84. The smallest absolute Gasteiger partial charge is 0.121 e. The molecule has 0 amide bonds. The van der Waals surface area contributed by atoms with Crippen molar-refractivity contribution in [2.45, 2.75) is 19.4 Å². The molecular formula is C15H19ClN4. The number of hydrogen-bond donors (Lipinski definition) is 1. The van der Waals surface area contributed by atoms with Crippen molar-refractivity contribution in [3.63, 3.8) is 0 Å². The third-order valence-electron chi connectivity index (χ3n) is 3.86. The Hall–Kier alpha value is -1.52. The van der Waals surface area contributed by atoms with Crippen LogP contribution in [0.2, 0.25) is 5.02 Å². The minimum absolute atomic E-state index is 0.650. The van der Waals surface area contributed by atoms with E-state index in [-0.39, 0.29) is 0 Å². The summed E-state index contributed by atoms with van der Waals surface area (Å²) in [6.45, 7) is 3.28. The van der Waals surface area contributed by atoms with Gasteiger partial charge in [0.2, 0.25) is 0 Å². The molecule has 1 saturated heterocycles. The van der Waals surface area contributed by atoms with Crippen LogP contribution in [0.3, 0.4) is 0 Å². The van der Waals surface area contributed by atoms with Gasteiger partial charge in [-0.1, -0.05) is 23.7 Å². The molecule has 2 heterocycles. The van der Waals surface area contributed by atoms with Crippen LogP contribution in [0.4, 0.5) is 5.82 Å². The Morgan fingerprint density at radius 3 is 2.60 bits per heavy atom. The Bertz CT molecular complexity index is 595. The Morgan fingerprint density at radius 2 is 2.00 bits per heavy atom. The van der Waals surface area contributed by atoms with E-state index in [1.165, 1.54) is 31.5 Å². The second-order valence-corrected chi connectivity index (χ2v) is 5.77. The third-order valence-corrected chi connectivity index (χ3v) is 4.21. The molecule has 0 unspecified atom stereocenters. The summed E-state index contributed by atoms with van der Waals surface area (Å²) in [5.74, 6) is 0.650. The first-order valence-electron chi connectivity index (χ1n) is 6.94. The summed E-state index contributed by atoms with van der Waals surface area (Å²) >= 11 is 6.41. The van der Waals surface area contributed by atoms with Gasteiger partial charge in [-0.25, -0.2) is 0 Å². The van der Waals surface area contributed by atoms with Gasteiger partial charge in [0.15, 0.2) is 0 Å². The zero-order chi connectivity index (χ0) is 14.1. The molecule has 1 aliphatic heterocycles. The quantitative estimate of drug-likeness (QED) is 0.945. The average Bonchev–Trinajstić information content (AvgIpc) is 3.03. The number of likely N-dealkylation sites (tertiary alicyclic amines) is 1. The number of aryl methyl sites for hydroxylation is 1. The molecule has 0 saturated carbocycles. The summed E-state index contributed by atoms with van der Waals surface area (Å²) in [6, 6.07) is 8.01. The highest BCUT2D eigenvalue weighted by Crippen LogP contribution is 2.27. The lowest BCUT2D eigenvalue weighted by molar-refractivity contribution is 0.331. The second kappa shape index (κ2) is 5.46. The van der Waals surface area contributed by atoms with E-state index in [2.05, 4.69) is 22.1 Å². The fourth-order valence-electron chi connectivity index (χ4n) is 2.64. The number of benzene rings is 1. The number of aromatic nitrogens is 2. The summed E-state index contributed by atoms with van der Waals surface area (Å²) in [5, 5.41) is 5.18. The van der Waals surface area contributed by atoms with Crippen LogP contribution >= 0.6 is 11.6 Å². The van der Waals surface area contributed by atoms with E-state index in [0.29, 0.717) is 5.82 Å². The van der Waals surface area contributed by atoms with Crippen molar-refractivity contribution in [3.8, 4) is 11.3 Å². The van der Waals surface area contributed by atoms with Crippen molar-refractivity contribution >= 4 is 17.4 Å². The molecule has 1 aromatic carbocycles. The summed E-state index contributed by atoms with van der Waals surface area (Å²) in [6.07, 6.45) is 2.59. The van der Waals surface area contributed by atoms with E-state index < -0.39 is 0 Å². The van der Waals surface area contributed by atoms with Crippen molar-refractivity contribution in [3.05, 3.63) is 34.9 Å². The first kappa shape index (κ1) is 13.5. The Morgan fingerprint density at radius 1 is 1.25 bits per heavy atom. The Labute approximate surface area is 124 Å². The van der Waals surface area contributed by atoms with Crippen molar-refractivity contribution in [1.29, 1.82) is 0 Å². The molecule has 0 radical (unpaired) electrons. The maximum Gasteiger partial charge on any atom is 0.121 e. The molecule has 2 aromatic rings. The molecule has 2 N–H and O–H groups in total. The number of hydrogen-bond acceptors (Lipinski definition) is 3. The van der Waals surface area contributed by atoms with Crippen molar-refractivity contribution in [2.24, 2.45) is 7.05 Å². The number of nitrogens with two attached hydrogens (primary N) is 1. The average molecular weight is 291 g/mol. The molecular weight excluding hydrogens is 272 g/mol. The highest BCUT2D eigenvalue weighted by Gasteiger charge is 2.14. The standard InChI is InChI=1S/C15H19ClN4/c1-19-15(17)9-14(18-19)11-4-5-12(13(16)8-11)10-20-6-2-3-7-20/h4-5,8-9H,2-3,6-7,10,17H2,1H3. The van der Waals surface area contributed by atoms with E-state index in [1.807, 2.05) is 19.2 Å². The van der Waals surface area contributed by atoms with Crippen molar-refractivity contribution < 1.29 is 0 Å². The van der Waals surface area contributed by atoms with Gasteiger partial charge >= 0.3 is 0 Å². The van der Waals surface area contributed by atoms with Crippen LogP contribution in [0.1, 0.15) is 18.4 Å². The lowest BCUT2D eigenvalue weighted by Gasteiger charge is -2.15. The number of nitrogen functional groups attached to an aromatic ring is 1. The summed E-state index contributed by atoms with van der Waals surface area (Å²) in [4.78, 5) is 2.44. The monoisotopic (exact) mass is 290 g/mol. The van der Waals surface area contributed by atoms with Crippen LogP contribution in [0.15, 0.2) is 24.3 Å². The van der Waals surface area contributed by atoms with E-state index in [0.717, 1.165) is 22.8 Å². The van der Waals surface area contributed by atoms with Gasteiger partial charge in [0, 0.05) is 30.2 Å². The fraction of sp³-hybridized carbons (Fsp3) is 0.400. The van der Waals surface area contributed by atoms with Crippen LogP contribution in [-0.4, -0.2) is 27.8 Å². The van der Waals surface area contributed by atoms with Crippen molar-refractivity contribution in [2.75, 3.05) is 18.8 Å². The van der Waals surface area contributed by atoms with Gasteiger partial charge in [0.05, 0.1) is 5.69 Å². The molecule has 0 spiro atoms. The van der Waals surface area contributed by atoms with Crippen LogP contribution < -0.4 is 5.73 Å². The van der Waals surface area contributed by atoms with E-state index in [4.69, 9.17) is 17.3 Å². The maximum absolute atomic E-state index is 6.41. The molecule has 5 heteroatoms. The van der Waals surface area contributed by atoms with Gasteiger partial charge < -0.3 is 5.73 Å². The fourth-order valence-corrected chi connectivity index (χ4v) is 2.88. The first-order chi connectivity index (χ1) is 9.63. The number of nitrogens with zero attached hydrogens (tertiary/aromatic N) is 3. The molecule has 20 heavy (non-hydrogen) atoms. The van der Waals surface area contributed by atoms with Crippen LogP contribution in [0, 0.1) is 0 Å². The lowest BCUT2D eigenvalue weighted by atomic mass is 10.1. The zero-order valence-electron chi connectivity index (χ0n) is 11.6. The molecule has 1 fully saturated rings. The molecule has 3 rings (SSSR count). The van der Waals surface area contributed by atoms with Crippen LogP contribution in [0.25, 0.3) is 11.3 Å². The summed E-state index contributed by atoms with van der Waals surface area (Å²) in [5.41, 5.74) is 8.86. The Kier molecular flexibility index (Phi) is 3.68. The molecule has 0 atom stereocenters. The molecule has 1 aromatic heterocycles. The topological polar surface area (TPSA) is 47.1 Å². The SMILES string of the molecule is Cn1nc(-c2ccc(CN3CCCC3)c(Cl)c2)cc1N. The summed E-state index contributed by atoms with van der Waals surface area (Å²) < 4.78 is 1.67. The molecule has 4 nitrogen and oxygen atoms in total. The molecule has 106 valence electrons. The van der Waals surface area contributed by atoms with Gasteiger partial charge in [-0.15, -0.1) is 0 Å². The number of anilines is 1. The number of rotatable bonds is 3. The predicted molar refractivity (Wildman–Crippen MR) is 82.6 cm³/mol. The lowest BCUT2D eigenvalue weighted by Crippen LogP contribution is -2.18. The minimum atomic E-state index is 0.650. The van der Waals surface area contributed by atoms with E-state index in [1.54, 1.807) is 4.68 Å². The first-order valence-corrected chi connectivity index (χ1v) is 7.32. The van der Waals surface area contributed by atoms with E-state index >= 15 is 0 Å². The Balaban J connectivity index is 1.83. The van der Waals surface area contributed by atoms with E-state index in [9.17, 15) is 0 Å². The van der Waals surface area contributed by atoms with Gasteiger partial charge in [0.25, 0.3) is 0 Å². The highest BCUT2D eigenvalue weighted by atomic mass is 35.5. The van der Waals surface area contributed by atoms with Gasteiger partial charge in [0.1, 0.15) is 5.82 Å². The van der Waals surface area contributed by atoms with Crippen LogP contribution in [-0.2, 0) is 13.6 Å². The normalized spacial score (nSPS) is 15.9. The highest BCUT2D eigenvalue weighted by molar-refractivity contribution is 6.31. The molecule has 1 aliphatic rings. The molecule has 0 aliphatic carbocycles. The van der Waals surface area contributed by atoms with Crippen molar-refractivity contribution in [1.82, 2.24) is 14.7 Å². The minimum Gasteiger partial charge on any atom is -0.384 e. The van der Waals surface area contributed by atoms with Gasteiger partial charge in [-0.2, -0.15) is 5.10 Å². The molecule has 0 bridgehead atoms. The van der Waals surface area contributed by atoms with Gasteiger partial charge in [-0.05, 0) is 37.6 Å².